The van der Waals surface area contributed by atoms with Crippen LogP contribution < -0.4 is 5.32 Å². The van der Waals surface area contributed by atoms with E-state index in [9.17, 15) is 22.4 Å². The molecule has 1 heterocycles. The number of allylic oxidation sites excluding steroid dienone is 2. The Hall–Kier alpha value is -2.86. The second-order valence-electron chi connectivity index (χ2n) is 7.23. The van der Waals surface area contributed by atoms with E-state index in [0.717, 1.165) is 12.1 Å². The third-order valence-electron chi connectivity index (χ3n) is 4.42. The number of nitrogens with one attached hydrogen (secondary N) is 1. The first-order chi connectivity index (χ1) is 14.0. The summed E-state index contributed by atoms with van der Waals surface area (Å²) in [4.78, 5) is 16.3. The van der Waals surface area contributed by atoms with Gasteiger partial charge in [0.25, 0.3) is 0 Å². The second kappa shape index (κ2) is 9.30. The van der Waals surface area contributed by atoms with E-state index in [1.54, 1.807) is 0 Å². The van der Waals surface area contributed by atoms with E-state index in [-0.39, 0.29) is 41.8 Å². The lowest BCUT2D eigenvalue weighted by Crippen LogP contribution is -2.32. The van der Waals surface area contributed by atoms with E-state index in [4.69, 9.17) is 16.0 Å². The third kappa shape index (κ3) is 5.00. The first-order valence-electron chi connectivity index (χ1n) is 9.12. The molecule has 0 saturated heterocycles. The van der Waals surface area contributed by atoms with Crippen molar-refractivity contribution in [1.29, 1.82) is 0 Å². The highest BCUT2D eigenvalue weighted by molar-refractivity contribution is 5.93. The molecule has 0 aliphatic carbocycles. The SMILES string of the molecule is [C-]#[N+]C1=C(C)NC(COC)=C(C(=O)OCC(C)C)C1c1ccc(F)cc1C(F)(F)F. The number of ether oxygens (including phenoxy) is 2. The summed E-state index contributed by atoms with van der Waals surface area (Å²) < 4.78 is 65.1. The predicted octanol–water partition coefficient (Wildman–Crippen LogP) is 4.78. The molecular weight excluding hydrogens is 404 g/mol. The highest BCUT2D eigenvalue weighted by Gasteiger charge is 2.42. The Kier molecular flexibility index (Phi) is 7.26. The third-order valence-corrected chi connectivity index (χ3v) is 4.42. The Balaban J connectivity index is 2.77. The number of benzene rings is 1. The monoisotopic (exact) mass is 426 g/mol. The van der Waals surface area contributed by atoms with E-state index in [1.165, 1.54) is 14.0 Å². The maximum atomic E-state index is 13.7. The number of halogens is 4. The number of dihydropyridines is 1. The largest absolute Gasteiger partial charge is 0.462 e. The van der Waals surface area contributed by atoms with Crippen molar-refractivity contribution >= 4 is 5.97 Å². The van der Waals surface area contributed by atoms with E-state index in [2.05, 4.69) is 10.2 Å². The first-order valence-corrected chi connectivity index (χ1v) is 9.12. The molecule has 0 aromatic heterocycles. The van der Waals surface area contributed by atoms with Crippen molar-refractivity contribution < 1.29 is 31.8 Å². The van der Waals surface area contributed by atoms with Gasteiger partial charge in [0.15, 0.2) is 5.70 Å². The number of carbonyl (C=O) groups is 1. The van der Waals surface area contributed by atoms with Crippen molar-refractivity contribution in [2.75, 3.05) is 20.3 Å². The van der Waals surface area contributed by atoms with Crippen molar-refractivity contribution in [3.63, 3.8) is 0 Å². The molecule has 1 atom stereocenters. The van der Waals surface area contributed by atoms with Crippen molar-refractivity contribution in [2.45, 2.75) is 32.9 Å². The smallest absolute Gasteiger partial charge is 0.416 e. The summed E-state index contributed by atoms with van der Waals surface area (Å²) >= 11 is 0. The number of hydrogen-bond donors (Lipinski definition) is 1. The van der Waals surface area contributed by atoms with Crippen LogP contribution in [0.15, 0.2) is 40.9 Å². The molecule has 0 fully saturated rings. The molecule has 0 bridgehead atoms. The van der Waals surface area contributed by atoms with Crippen LogP contribution >= 0.6 is 0 Å². The molecule has 1 aromatic carbocycles. The van der Waals surface area contributed by atoms with Gasteiger partial charge in [-0.2, -0.15) is 13.2 Å². The molecule has 0 saturated carbocycles. The van der Waals surface area contributed by atoms with Crippen molar-refractivity contribution in [2.24, 2.45) is 5.92 Å². The fraction of sp³-hybridized carbons (Fsp3) is 0.429. The Morgan fingerprint density at radius 3 is 2.53 bits per heavy atom. The molecule has 1 aromatic rings. The molecule has 0 radical (unpaired) electrons. The summed E-state index contributed by atoms with van der Waals surface area (Å²) in [5, 5.41) is 2.87. The Labute approximate surface area is 172 Å². The molecule has 162 valence electrons. The molecule has 1 N–H and O–H groups in total. The fourth-order valence-corrected chi connectivity index (χ4v) is 3.18. The summed E-state index contributed by atoms with van der Waals surface area (Å²) in [6, 6.07) is 2.19. The number of rotatable bonds is 6. The van der Waals surface area contributed by atoms with Crippen LogP contribution in [0.5, 0.6) is 0 Å². The maximum Gasteiger partial charge on any atom is 0.416 e. The number of methoxy groups -OCH3 is 1. The lowest BCUT2D eigenvalue weighted by molar-refractivity contribution is -0.141. The van der Waals surface area contributed by atoms with Crippen molar-refractivity contribution in [3.8, 4) is 0 Å². The van der Waals surface area contributed by atoms with Gasteiger partial charge < -0.3 is 14.8 Å². The highest BCUT2D eigenvalue weighted by atomic mass is 19.4. The van der Waals surface area contributed by atoms with Crippen LogP contribution in [-0.4, -0.2) is 26.3 Å². The summed E-state index contributed by atoms with van der Waals surface area (Å²) in [6.45, 7) is 12.6. The quantitative estimate of drug-likeness (QED) is 0.404. The lowest BCUT2D eigenvalue weighted by atomic mass is 9.81. The van der Waals surface area contributed by atoms with Crippen LogP contribution in [0.1, 0.15) is 37.8 Å². The Morgan fingerprint density at radius 1 is 1.33 bits per heavy atom. The molecule has 1 aliphatic heterocycles. The number of hydrogen-bond acceptors (Lipinski definition) is 4. The molecule has 30 heavy (non-hydrogen) atoms. The number of esters is 1. The first kappa shape index (κ1) is 23.4. The van der Waals surface area contributed by atoms with E-state index >= 15 is 0 Å². The minimum absolute atomic E-state index is 0.00964. The van der Waals surface area contributed by atoms with Gasteiger partial charge >= 0.3 is 12.1 Å². The zero-order chi connectivity index (χ0) is 22.6. The summed E-state index contributed by atoms with van der Waals surface area (Å²) in [5.41, 5.74) is -1.46. The van der Waals surface area contributed by atoms with E-state index in [1.807, 2.05) is 13.8 Å². The van der Waals surface area contributed by atoms with Crippen molar-refractivity contribution in [3.05, 3.63) is 69.2 Å². The van der Waals surface area contributed by atoms with Gasteiger partial charge in [0, 0.05) is 12.8 Å². The number of nitrogens with zero attached hydrogens (tertiary/aromatic N) is 1. The summed E-state index contributed by atoms with van der Waals surface area (Å²) in [6.07, 6.45) is -4.89. The van der Waals surface area contributed by atoms with Gasteiger partial charge in [-0.05, 0) is 30.5 Å². The molecule has 1 unspecified atom stereocenters. The van der Waals surface area contributed by atoms with Gasteiger partial charge in [0.1, 0.15) is 5.82 Å². The van der Waals surface area contributed by atoms with Gasteiger partial charge in [-0.15, -0.1) is 0 Å². The van der Waals surface area contributed by atoms with E-state index in [0.29, 0.717) is 6.07 Å². The van der Waals surface area contributed by atoms with Gasteiger partial charge in [0.2, 0.25) is 0 Å². The minimum atomic E-state index is -4.89. The van der Waals surface area contributed by atoms with E-state index < -0.39 is 35.0 Å². The fourth-order valence-electron chi connectivity index (χ4n) is 3.18. The molecule has 0 spiro atoms. The van der Waals surface area contributed by atoms with Crippen LogP contribution in [0.3, 0.4) is 0 Å². The Morgan fingerprint density at radius 2 is 2.00 bits per heavy atom. The average molecular weight is 426 g/mol. The summed E-state index contributed by atoms with van der Waals surface area (Å²) in [5.74, 6) is -3.33. The molecule has 0 amide bonds. The number of alkyl halides is 3. The second-order valence-corrected chi connectivity index (χ2v) is 7.23. The van der Waals surface area contributed by atoms with Gasteiger partial charge in [-0.3, -0.25) is 0 Å². The van der Waals surface area contributed by atoms with Crippen LogP contribution in [0.2, 0.25) is 0 Å². The predicted molar refractivity (Wildman–Crippen MR) is 101 cm³/mol. The molecular formula is C21H22F4N2O3. The van der Waals surface area contributed by atoms with Crippen LogP contribution in [0.25, 0.3) is 4.85 Å². The molecule has 5 nitrogen and oxygen atoms in total. The zero-order valence-corrected chi connectivity index (χ0v) is 17.0. The molecule has 2 rings (SSSR count). The molecule has 9 heteroatoms. The minimum Gasteiger partial charge on any atom is -0.462 e. The van der Waals surface area contributed by atoms with Crippen LogP contribution in [0.4, 0.5) is 17.6 Å². The van der Waals surface area contributed by atoms with Crippen LogP contribution in [-0.2, 0) is 20.4 Å². The topological polar surface area (TPSA) is 51.9 Å². The summed E-state index contributed by atoms with van der Waals surface area (Å²) in [7, 11) is 1.36. The lowest BCUT2D eigenvalue weighted by Gasteiger charge is -2.31. The number of carbonyl (C=O) groups excluding carboxylic acids is 1. The maximum absolute atomic E-state index is 13.7. The zero-order valence-electron chi connectivity index (χ0n) is 17.0. The normalized spacial score (nSPS) is 17.1. The van der Waals surface area contributed by atoms with Crippen LogP contribution in [0, 0.1) is 18.3 Å². The Bertz CT molecular complexity index is 927. The van der Waals surface area contributed by atoms with Gasteiger partial charge in [-0.25, -0.2) is 14.0 Å². The van der Waals surface area contributed by atoms with Crippen molar-refractivity contribution in [1.82, 2.24) is 5.32 Å². The van der Waals surface area contributed by atoms with Gasteiger partial charge in [-0.1, -0.05) is 19.9 Å². The van der Waals surface area contributed by atoms with Gasteiger partial charge in [0.05, 0.1) is 42.5 Å². The molecule has 1 aliphatic rings. The standard InChI is InChI=1S/C21H22F4N2O3/c1-11(2)9-30-20(28)18-16(10-29-5)27-12(3)19(26-4)17(18)14-7-6-13(22)8-15(14)21(23,24)25/h6-8,11,17,27H,9-10H2,1-3,5H3. The average Bonchev–Trinajstić information content (AvgIpc) is 2.65. The highest BCUT2D eigenvalue weighted by Crippen LogP contribution is 2.44.